The number of ether oxygens (including phenoxy) is 1. The molecule has 0 aliphatic rings. The van der Waals surface area contributed by atoms with E-state index in [1.807, 2.05) is 26.0 Å². The highest BCUT2D eigenvalue weighted by atomic mass is 79.9. The van der Waals surface area contributed by atoms with Crippen LogP contribution in [0.1, 0.15) is 30.4 Å². The second-order valence-corrected chi connectivity index (χ2v) is 7.82. The first-order valence-electron chi connectivity index (χ1n) is 9.02. The zero-order valence-electron chi connectivity index (χ0n) is 16.2. The first-order chi connectivity index (χ1) is 13.7. The third-order valence-electron chi connectivity index (χ3n) is 4.06. The zero-order valence-corrected chi connectivity index (χ0v) is 18.5. The van der Waals surface area contributed by atoms with Crippen molar-refractivity contribution >= 4 is 56.7 Å². The molecule has 0 unspecified atom stereocenters. The van der Waals surface area contributed by atoms with Gasteiger partial charge in [0.25, 0.3) is 5.91 Å². The molecule has 0 saturated heterocycles. The summed E-state index contributed by atoms with van der Waals surface area (Å²) in [5.74, 6) is -1.15. The summed E-state index contributed by atoms with van der Waals surface area (Å²) in [6, 6.07) is 10.5. The number of carbonyl (C=O) groups is 3. The summed E-state index contributed by atoms with van der Waals surface area (Å²) in [6.07, 6.45) is 0.546. The number of hydrogen-bond acceptors (Lipinski definition) is 4. The summed E-state index contributed by atoms with van der Waals surface area (Å²) in [7, 11) is 0. The maximum absolute atomic E-state index is 12.0. The van der Waals surface area contributed by atoms with Crippen LogP contribution in [-0.4, -0.2) is 24.4 Å². The van der Waals surface area contributed by atoms with E-state index in [-0.39, 0.29) is 25.4 Å². The first-order valence-corrected chi connectivity index (χ1v) is 10.2. The molecule has 2 aromatic rings. The number of halogens is 2. The lowest BCUT2D eigenvalue weighted by Crippen LogP contribution is -2.21. The second-order valence-electron chi connectivity index (χ2n) is 6.53. The monoisotopic (exact) mass is 480 g/mol. The van der Waals surface area contributed by atoms with E-state index < -0.39 is 11.9 Å². The van der Waals surface area contributed by atoms with Crippen molar-refractivity contribution in [1.82, 2.24) is 0 Å². The van der Waals surface area contributed by atoms with Crippen LogP contribution >= 0.6 is 27.5 Å². The van der Waals surface area contributed by atoms with Crippen molar-refractivity contribution in [3.8, 4) is 0 Å². The molecule has 0 spiro atoms. The van der Waals surface area contributed by atoms with Gasteiger partial charge in [0, 0.05) is 33.7 Å². The van der Waals surface area contributed by atoms with Crippen molar-refractivity contribution in [2.24, 2.45) is 0 Å². The summed E-state index contributed by atoms with van der Waals surface area (Å²) in [6.45, 7) is 3.42. The SMILES string of the molecule is Cc1cc(NC(=O)COC(=O)CCCC(=O)Nc2ccc(Cl)cc2)c(C)cc1Br. The molecule has 2 amide bonds. The van der Waals surface area contributed by atoms with Crippen LogP contribution in [0, 0.1) is 13.8 Å². The van der Waals surface area contributed by atoms with Gasteiger partial charge in [0.05, 0.1) is 0 Å². The molecule has 2 N–H and O–H groups in total. The van der Waals surface area contributed by atoms with Crippen LogP contribution in [-0.2, 0) is 19.1 Å². The smallest absolute Gasteiger partial charge is 0.306 e. The first kappa shape index (κ1) is 22.9. The Bertz CT molecular complexity index is 900. The maximum atomic E-state index is 12.0. The van der Waals surface area contributed by atoms with Gasteiger partial charge in [-0.15, -0.1) is 0 Å². The van der Waals surface area contributed by atoms with Gasteiger partial charge in [-0.1, -0.05) is 27.5 Å². The van der Waals surface area contributed by atoms with Crippen LogP contribution in [0.5, 0.6) is 0 Å². The minimum absolute atomic E-state index is 0.0533. The van der Waals surface area contributed by atoms with Crippen molar-refractivity contribution in [2.45, 2.75) is 33.1 Å². The Morgan fingerprint density at radius 2 is 1.66 bits per heavy atom. The summed E-state index contributed by atoms with van der Waals surface area (Å²) in [4.78, 5) is 35.7. The molecule has 29 heavy (non-hydrogen) atoms. The Kier molecular flexibility index (Phi) is 8.67. The molecule has 0 bridgehead atoms. The molecule has 8 heteroatoms. The molecule has 0 aliphatic heterocycles. The van der Waals surface area contributed by atoms with Crippen LogP contribution in [0.15, 0.2) is 40.9 Å². The van der Waals surface area contributed by atoms with Crippen molar-refractivity contribution in [3.63, 3.8) is 0 Å². The van der Waals surface area contributed by atoms with Crippen LogP contribution in [0.2, 0.25) is 5.02 Å². The fourth-order valence-electron chi connectivity index (χ4n) is 2.47. The van der Waals surface area contributed by atoms with Gasteiger partial charge in [-0.2, -0.15) is 0 Å². The summed E-state index contributed by atoms with van der Waals surface area (Å²) in [5, 5.41) is 6.03. The molecule has 0 radical (unpaired) electrons. The van der Waals surface area contributed by atoms with Gasteiger partial charge < -0.3 is 15.4 Å². The van der Waals surface area contributed by atoms with E-state index in [1.165, 1.54) is 0 Å². The van der Waals surface area contributed by atoms with Crippen molar-refractivity contribution in [1.29, 1.82) is 0 Å². The number of benzene rings is 2. The molecule has 0 atom stereocenters. The topological polar surface area (TPSA) is 84.5 Å². The number of aryl methyl sites for hydroxylation is 2. The highest BCUT2D eigenvalue weighted by Crippen LogP contribution is 2.24. The largest absolute Gasteiger partial charge is 0.456 e. The van der Waals surface area contributed by atoms with Crippen LogP contribution in [0.4, 0.5) is 11.4 Å². The van der Waals surface area contributed by atoms with Gasteiger partial charge in [0.15, 0.2) is 6.61 Å². The van der Waals surface area contributed by atoms with Gasteiger partial charge in [-0.25, -0.2) is 0 Å². The van der Waals surface area contributed by atoms with E-state index in [2.05, 4.69) is 26.6 Å². The van der Waals surface area contributed by atoms with Crippen molar-refractivity contribution in [2.75, 3.05) is 17.2 Å². The third kappa shape index (κ3) is 7.87. The Hall–Kier alpha value is -2.38. The zero-order chi connectivity index (χ0) is 21.4. The fourth-order valence-corrected chi connectivity index (χ4v) is 3.05. The number of amides is 2. The normalized spacial score (nSPS) is 10.3. The fraction of sp³-hybridized carbons (Fsp3) is 0.286. The van der Waals surface area contributed by atoms with Crippen LogP contribution in [0.3, 0.4) is 0 Å². The number of hydrogen-bond donors (Lipinski definition) is 2. The molecule has 0 saturated carbocycles. The Morgan fingerprint density at radius 3 is 2.34 bits per heavy atom. The molecular weight excluding hydrogens is 460 g/mol. The highest BCUT2D eigenvalue weighted by Gasteiger charge is 2.11. The van der Waals surface area contributed by atoms with Crippen LogP contribution in [0.25, 0.3) is 0 Å². The van der Waals surface area contributed by atoms with Gasteiger partial charge in [-0.3, -0.25) is 14.4 Å². The number of rotatable bonds is 8. The van der Waals surface area contributed by atoms with E-state index >= 15 is 0 Å². The number of carbonyl (C=O) groups excluding carboxylic acids is 3. The molecule has 0 aromatic heterocycles. The maximum Gasteiger partial charge on any atom is 0.306 e. The lowest BCUT2D eigenvalue weighted by atomic mass is 10.1. The standard InChI is InChI=1S/C21H22BrClN2O4/c1-13-11-18(14(2)10-17(13)22)25-20(27)12-29-21(28)5-3-4-19(26)24-16-8-6-15(23)7-9-16/h6-11H,3-5,12H2,1-2H3,(H,24,26)(H,25,27). The van der Waals surface area contributed by atoms with E-state index in [0.29, 0.717) is 22.8 Å². The van der Waals surface area contributed by atoms with Crippen molar-refractivity contribution in [3.05, 3.63) is 57.0 Å². The van der Waals surface area contributed by atoms with Gasteiger partial charge >= 0.3 is 5.97 Å². The number of esters is 1. The Morgan fingerprint density at radius 1 is 0.966 bits per heavy atom. The third-order valence-corrected chi connectivity index (χ3v) is 5.16. The van der Waals surface area contributed by atoms with Gasteiger partial charge in [0.2, 0.25) is 5.91 Å². The second kappa shape index (κ2) is 11.0. The van der Waals surface area contributed by atoms with Gasteiger partial charge in [-0.05, 0) is 67.8 Å². The highest BCUT2D eigenvalue weighted by molar-refractivity contribution is 9.10. The van der Waals surface area contributed by atoms with Crippen LogP contribution < -0.4 is 10.6 Å². The predicted octanol–water partition coefficient (Wildman–Crippen LogP) is 5.01. The van der Waals surface area contributed by atoms with E-state index in [9.17, 15) is 14.4 Å². The summed E-state index contributed by atoms with van der Waals surface area (Å²) < 4.78 is 5.93. The average molecular weight is 482 g/mol. The molecular formula is C21H22BrClN2O4. The lowest BCUT2D eigenvalue weighted by Gasteiger charge is -2.11. The average Bonchev–Trinajstić information content (AvgIpc) is 2.66. The van der Waals surface area contributed by atoms with E-state index in [1.54, 1.807) is 24.3 Å². The molecule has 0 heterocycles. The molecule has 2 aromatic carbocycles. The summed E-state index contributed by atoms with van der Waals surface area (Å²) >= 11 is 9.23. The lowest BCUT2D eigenvalue weighted by molar-refractivity contribution is -0.147. The quantitative estimate of drug-likeness (QED) is 0.519. The molecule has 0 aliphatic carbocycles. The minimum atomic E-state index is -0.525. The van der Waals surface area contributed by atoms with Gasteiger partial charge in [0.1, 0.15) is 0 Å². The number of nitrogens with one attached hydrogen (secondary N) is 2. The van der Waals surface area contributed by atoms with E-state index in [4.69, 9.17) is 16.3 Å². The Labute approximate surface area is 183 Å². The van der Waals surface area contributed by atoms with E-state index in [0.717, 1.165) is 15.6 Å². The molecule has 154 valence electrons. The number of anilines is 2. The predicted molar refractivity (Wildman–Crippen MR) is 117 cm³/mol. The molecule has 0 fully saturated rings. The van der Waals surface area contributed by atoms with Crippen molar-refractivity contribution < 1.29 is 19.1 Å². The Balaban J connectivity index is 1.67. The summed E-state index contributed by atoms with van der Waals surface area (Å²) in [5.41, 5.74) is 3.19. The molecule has 6 nitrogen and oxygen atoms in total. The minimum Gasteiger partial charge on any atom is -0.456 e. The molecule has 2 rings (SSSR count).